The van der Waals surface area contributed by atoms with Gasteiger partial charge in [0.25, 0.3) is 0 Å². The number of nitrogens with one attached hydrogen (secondary N) is 1. The minimum absolute atomic E-state index is 0.185. The zero-order valence-electron chi connectivity index (χ0n) is 17.7. The Morgan fingerprint density at radius 3 is 2.42 bits per heavy atom. The summed E-state index contributed by atoms with van der Waals surface area (Å²) in [7, 11) is 0. The van der Waals surface area contributed by atoms with E-state index in [9.17, 15) is 22.8 Å². The predicted octanol–water partition coefficient (Wildman–Crippen LogP) is 3.57. The van der Waals surface area contributed by atoms with Gasteiger partial charge in [0.05, 0.1) is 18.8 Å². The highest BCUT2D eigenvalue weighted by Gasteiger charge is 2.32. The largest absolute Gasteiger partial charge is 0.442 e. The minimum Gasteiger partial charge on any atom is -0.442 e. The number of carbonyl (C=O) groups excluding carboxylic acids is 2. The molecular formula is C24H21F3N3O3+. The molecule has 170 valence electrons. The highest BCUT2D eigenvalue weighted by molar-refractivity contribution is 5.90. The Hall–Kier alpha value is -3.88. The van der Waals surface area contributed by atoms with Crippen molar-refractivity contribution in [3.05, 3.63) is 83.9 Å². The smallest absolute Gasteiger partial charge is 0.414 e. The highest BCUT2D eigenvalue weighted by atomic mass is 19.1. The molecule has 1 saturated heterocycles. The first-order valence-electron chi connectivity index (χ1n) is 10.2. The third kappa shape index (κ3) is 5.31. The number of hydrogen-bond acceptors (Lipinski definition) is 3. The molecule has 0 saturated carbocycles. The van der Waals surface area contributed by atoms with Crippen LogP contribution in [0.3, 0.4) is 0 Å². The summed E-state index contributed by atoms with van der Waals surface area (Å²) in [4.78, 5) is 24.5. The number of benzene rings is 2. The van der Waals surface area contributed by atoms with Crippen LogP contribution < -0.4 is 14.8 Å². The molecule has 2 aromatic carbocycles. The SMILES string of the molecule is CC(=O)NC[C@H]1CN(c2ccc(-c3cc[n+](Cc4cc(F)cc(F)c4)cc3)c(F)c2)C(=O)O1. The van der Waals surface area contributed by atoms with E-state index in [4.69, 9.17) is 4.74 Å². The Morgan fingerprint density at radius 2 is 1.79 bits per heavy atom. The molecule has 1 atom stereocenters. The lowest BCUT2D eigenvalue weighted by Gasteiger charge is -2.14. The molecule has 1 aromatic heterocycles. The minimum atomic E-state index is -0.646. The van der Waals surface area contributed by atoms with Crippen molar-refractivity contribution < 1.29 is 32.1 Å². The maximum absolute atomic E-state index is 14.9. The molecule has 1 N–H and O–H groups in total. The number of ether oxygens (including phenoxy) is 1. The van der Waals surface area contributed by atoms with Crippen molar-refractivity contribution in [1.82, 2.24) is 5.32 Å². The van der Waals surface area contributed by atoms with Crippen molar-refractivity contribution in [2.45, 2.75) is 19.6 Å². The summed E-state index contributed by atoms with van der Waals surface area (Å²) in [6.45, 7) is 2.01. The van der Waals surface area contributed by atoms with Gasteiger partial charge in [-0.15, -0.1) is 0 Å². The van der Waals surface area contributed by atoms with Gasteiger partial charge >= 0.3 is 6.09 Å². The van der Waals surface area contributed by atoms with Gasteiger partial charge in [-0.1, -0.05) is 0 Å². The number of cyclic esters (lactones) is 1. The number of rotatable bonds is 6. The molecule has 0 spiro atoms. The van der Waals surface area contributed by atoms with Gasteiger partial charge in [-0.25, -0.2) is 22.5 Å². The number of carbonyl (C=O) groups is 2. The van der Waals surface area contributed by atoms with Gasteiger partial charge in [0.15, 0.2) is 18.9 Å². The molecule has 2 amide bonds. The predicted molar refractivity (Wildman–Crippen MR) is 114 cm³/mol. The molecular weight excluding hydrogens is 435 g/mol. The molecule has 0 aliphatic carbocycles. The van der Waals surface area contributed by atoms with E-state index in [-0.39, 0.29) is 25.5 Å². The van der Waals surface area contributed by atoms with E-state index in [1.54, 1.807) is 41.2 Å². The number of aromatic nitrogens is 1. The van der Waals surface area contributed by atoms with Crippen LogP contribution in [0.5, 0.6) is 0 Å². The Bertz CT molecular complexity index is 1180. The van der Waals surface area contributed by atoms with Crippen LogP contribution >= 0.6 is 0 Å². The molecule has 6 nitrogen and oxygen atoms in total. The van der Waals surface area contributed by atoms with Gasteiger partial charge in [-0.2, -0.15) is 0 Å². The molecule has 4 rings (SSSR count). The van der Waals surface area contributed by atoms with Crippen LogP contribution in [0.1, 0.15) is 12.5 Å². The Kier molecular flexibility index (Phi) is 6.30. The van der Waals surface area contributed by atoms with Crippen LogP contribution in [-0.4, -0.2) is 31.2 Å². The Morgan fingerprint density at radius 1 is 1.09 bits per heavy atom. The van der Waals surface area contributed by atoms with Crippen molar-refractivity contribution in [2.75, 3.05) is 18.0 Å². The molecule has 1 aliphatic rings. The standard InChI is InChI=1S/C24H20F3N3O3/c1-15(31)28-12-21-14-30(24(32)33-21)20-2-3-22(23(27)11-20)17-4-6-29(7-5-17)13-16-8-18(25)10-19(26)9-16/h2-11,21H,12-14H2,1H3/p+1/t21-/m0/s1. The molecule has 1 fully saturated rings. The molecule has 0 radical (unpaired) electrons. The lowest BCUT2D eigenvalue weighted by molar-refractivity contribution is -0.688. The van der Waals surface area contributed by atoms with Crippen LogP contribution in [0.15, 0.2) is 60.9 Å². The monoisotopic (exact) mass is 456 g/mol. The summed E-state index contributed by atoms with van der Waals surface area (Å²) in [5.74, 6) is -2.04. The van der Waals surface area contributed by atoms with Crippen molar-refractivity contribution >= 4 is 17.7 Å². The van der Waals surface area contributed by atoms with Gasteiger partial charge in [0, 0.05) is 36.2 Å². The summed E-state index contributed by atoms with van der Waals surface area (Å²) < 4.78 is 48.6. The van der Waals surface area contributed by atoms with Crippen LogP contribution in [-0.2, 0) is 16.1 Å². The second-order valence-corrected chi connectivity index (χ2v) is 7.75. The van der Waals surface area contributed by atoms with Crippen LogP contribution in [0.4, 0.5) is 23.7 Å². The second-order valence-electron chi connectivity index (χ2n) is 7.75. The van der Waals surface area contributed by atoms with E-state index in [2.05, 4.69) is 5.32 Å². The van der Waals surface area contributed by atoms with Gasteiger partial charge in [0.1, 0.15) is 23.6 Å². The maximum Gasteiger partial charge on any atom is 0.414 e. The molecule has 0 unspecified atom stereocenters. The van der Waals surface area contributed by atoms with Crippen molar-refractivity contribution in [1.29, 1.82) is 0 Å². The summed E-state index contributed by atoms with van der Waals surface area (Å²) in [5.41, 5.74) is 1.76. The highest BCUT2D eigenvalue weighted by Crippen LogP contribution is 2.28. The van der Waals surface area contributed by atoms with Gasteiger partial charge < -0.3 is 10.1 Å². The summed E-state index contributed by atoms with van der Waals surface area (Å²) in [6, 6.07) is 11.2. The number of hydrogen-bond donors (Lipinski definition) is 1. The number of amides is 2. The maximum atomic E-state index is 14.9. The van der Waals surface area contributed by atoms with Crippen LogP contribution in [0, 0.1) is 17.5 Å². The lowest BCUT2D eigenvalue weighted by Crippen LogP contribution is -2.33. The van der Waals surface area contributed by atoms with E-state index in [0.29, 0.717) is 22.4 Å². The lowest BCUT2D eigenvalue weighted by atomic mass is 10.1. The normalized spacial score (nSPS) is 15.5. The number of pyridine rings is 1. The van der Waals surface area contributed by atoms with Gasteiger partial charge in [-0.05, 0) is 35.9 Å². The molecule has 3 aromatic rings. The molecule has 33 heavy (non-hydrogen) atoms. The fourth-order valence-corrected chi connectivity index (χ4v) is 3.66. The second kappa shape index (κ2) is 9.32. The van der Waals surface area contributed by atoms with E-state index in [1.165, 1.54) is 30.0 Å². The third-order valence-corrected chi connectivity index (χ3v) is 5.21. The fraction of sp³-hybridized carbons (Fsp3) is 0.208. The van der Waals surface area contributed by atoms with Gasteiger partial charge in [0.2, 0.25) is 5.91 Å². The zero-order chi connectivity index (χ0) is 23.5. The molecule has 0 bridgehead atoms. The fourth-order valence-electron chi connectivity index (χ4n) is 3.66. The Balaban J connectivity index is 1.47. The number of nitrogens with zero attached hydrogens (tertiary/aromatic N) is 2. The quantitative estimate of drug-likeness (QED) is 0.577. The van der Waals surface area contributed by atoms with E-state index in [1.807, 2.05) is 0 Å². The van der Waals surface area contributed by atoms with Gasteiger partial charge in [-0.3, -0.25) is 9.69 Å². The van der Waals surface area contributed by atoms with Crippen molar-refractivity contribution in [2.24, 2.45) is 0 Å². The average molecular weight is 456 g/mol. The van der Waals surface area contributed by atoms with Crippen LogP contribution in [0.25, 0.3) is 11.1 Å². The molecule has 2 heterocycles. The first-order chi connectivity index (χ1) is 15.8. The number of halogens is 3. The van der Waals surface area contributed by atoms with Crippen molar-refractivity contribution in [3.8, 4) is 11.1 Å². The van der Waals surface area contributed by atoms with E-state index >= 15 is 0 Å². The summed E-state index contributed by atoms with van der Waals surface area (Å²) in [6.07, 6.45) is 2.26. The molecule has 9 heteroatoms. The Labute approximate surface area is 188 Å². The average Bonchev–Trinajstić information content (AvgIpc) is 3.13. The van der Waals surface area contributed by atoms with Crippen LogP contribution in [0.2, 0.25) is 0 Å². The zero-order valence-corrected chi connectivity index (χ0v) is 17.7. The van der Waals surface area contributed by atoms with Crippen molar-refractivity contribution in [3.63, 3.8) is 0 Å². The van der Waals surface area contributed by atoms with E-state index in [0.717, 1.165) is 6.07 Å². The summed E-state index contributed by atoms with van der Waals surface area (Å²) >= 11 is 0. The number of anilines is 1. The summed E-state index contributed by atoms with van der Waals surface area (Å²) in [5, 5.41) is 2.59. The topological polar surface area (TPSA) is 62.5 Å². The first-order valence-corrected chi connectivity index (χ1v) is 10.2. The third-order valence-electron chi connectivity index (χ3n) is 5.21. The molecule has 1 aliphatic heterocycles. The first kappa shape index (κ1) is 22.3. The van der Waals surface area contributed by atoms with E-state index < -0.39 is 29.6 Å².